The molecule has 0 saturated heterocycles. The van der Waals surface area contributed by atoms with Crippen LogP contribution in [-0.2, 0) is 23.7 Å². The molecule has 0 aromatic heterocycles. The van der Waals surface area contributed by atoms with E-state index in [9.17, 15) is 14.7 Å². The van der Waals surface area contributed by atoms with Gasteiger partial charge in [-0.1, -0.05) is 66.2 Å². The van der Waals surface area contributed by atoms with E-state index in [2.05, 4.69) is 0 Å². The van der Waals surface area contributed by atoms with Crippen LogP contribution in [0.1, 0.15) is 37.4 Å². The molecule has 0 bridgehead atoms. The van der Waals surface area contributed by atoms with Crippen LogP contribution in [0.15, 0.2) is 103 Å². The molecule has 0 radical (unpaired) electrons. The predicted molar refractivity (Wildman–Crippen MR) is 110 cm³/mol. The summed E-state index contributed by atoms with van der Waals surface area (Å²) in [5.41, 5.74) is 2.10. The van der Waals surface area contributed by atoms with Crippen LogP contribution < -0.4 is 0 Å². The minimum atomic E-state index is -0.282. The van der Waals surface area contributed by atoms with Gasteiger partial charge >= 0.3 is 0 Å². The van der Waals surface area contributed by atoms with Crippen molar-refractivity contribution in [2.24, 2.45) is 0 Å². The van der Waals surface area contributed by atoms with E-state index in [4.69, 9.17) is 0 Å². The zero-order valence-electron chi connectivity index (χ0n) is 15.6. The van der Waals surface area contributed by atoms with Gasteiger partial charge in [0, 0.05) is 23.7 Å². The van der Waals surface area contributed by atoms with Crippen molar-refractivity contribution in [1.82, 2.24) is 0 Å². The van der Waals surface area contributed by atoms with Gasteiger partial charge in [-0.25, -0.2) is 0 Å². The first-order valence-corrected chi connectivity index (χ1v) is 8.98. The fourth-order valence-corrected chi connectivity index (χ4v) is 2.91. The van der Waals surface area contributed by atoms with Crippen LogP contribution >= 0.6 is 0 Å². The molecule has 0 heterocycles. The quantitative estimate of drug-likeness (QED) is 0.286. The number of rotatable bonds is 5. The molecule has 0 atom stereocenters. The Morgan fingerprint density at radius 3 is 1.72 bits per heavy atom. The molecule has 152 valence electrons. The van der Waals surface area contributed by atoms with Crippen molar-refractivity contribution in [3.8, 4) is 0 Å². The molecular formula is C25H20FeO3-6. The third kappa shape index (κ3) is 5.49. The monoisotopic (exact) mass is 424 g/mol. The summed E-state index contributed by atoms with van der Waals surface area (Å²) in [6, 6.07) is 30.8. The molecule has 4 aromatic carbocycles. The molecule has 0 aliphatic carbocycles. The van der Waals surface area contributed by atoms with Crippen LogP contribution in [0, 0.1) is 0 Å². The number of carbonyl (C=O) groups is 2. The molecular weight excluding hydrogens is 404 g/mol. The maximum atomic E-state index is 12.8. The van der Waals surface area contributed by atoms with E-state index >= 15 is 0 Å². The Labute approximate surface area is 180 Å². The molecule has 0 saturated carbocycles. The first kappa shape index (κ1) is 22.3. The standard InChI is InChI=1S/C20H15O3.C5H5.Fe/c21-13-16-11-12-17(19(22)14-7-3-1-4-8-14)18(16)20(23)15-9-5-2-6-10-15;1-2-4-5-3-1;/h1-12,21H,13H2;1-5H;/q-1;-5;. The number of aliphatic hydroxyl groups is 1. The summed E-state index contributed by atoms with van der Waals surface area (Å²) in [6.07, 6.45) is 0. The average molecular weight is 424 g/mol. The summed E-state index contributed by atoms with van der Waals surface area (Å²) in [5, 5.41) is 9.52. The molecule has 0 aliphatic heterocycles. The van der Waals surface area contributed by atoms with Gasteiger partial charge in [-0.3, -0.25) is 0 Å². The Kier molecular flexibility index (Phi) is 8.50. The fraction of sp³-hybridized carbons (Fsp3) is 0.0400. The number of hydrogen-bond donors (Lipinski definition) is 1. The zero-order valence-corrected chi connectivity index (χ0v) is 16.7. The minimum absolute atomic E-state index is 0. The van der Waals surface area contributed by atoms with Crippen molar-refractivity contribution in [2.45, 2.75) is 6.61 Å². The summed E-state index contributed by atoms with van der Waals surface area (Å²) in [7, 11) is 0. The molecule has 3 nitrogen and oxygen atoms in total. The Morgan fingerprint density at radius 2 is 1.24 bits per heavy atom. The molecule has 0 amide bonds. The van der Waals surface area contributed by atoms with Crippen molar-refractivity contribution in [3.05, 3.63) is 131 Å². The van der Waals surface area contributed by atoms with Crippen LogP contribution in [0.25, 0.3) is 0 Å². The van der Waals surface area contributed by atoms with E-state index in [1.54, 1.807) is 60.7 Å². The van der Waals surface area contributed by atoms with E-state index in [1.807, 2.05) is 42.5 Å². The summed E-state index contributed by atoms with van der Waals surface area (Å²) in [4.78, 5) is 25.5. The first-order chi connectivity index (χ1) is 13.7. The third-order valence-corrected chi connectivity index (χ3v) is 4.31. The Hall–Kier alpha value is -3.04. The minimum Gasteiger partial charge on any atom is -0.748 e. The molecule has 0 unspecified atom stereocenters. The van der Waals surface area contributed by atoms with Gasteiger partial charge in [0.2, 0.25) is 0 Å². The molecule has 4 aromatic rings. The Morgan fingerprint density at radius 1 is 0.759 bits per heavy atom. The fourth-order valence-electron chi connectivity index (χ4n) is 2.91. The van der Waals surface area contributed by atoms with Crippen molar-refractivity contribution >= 4 is 11.6 Å². The summed E-state index contributed by atoms with van der Waals surface area (Å²) in [6.45, 7) is -0.282. The van der Waals surface area contributed by atoms with Gasteiger partial charge in [-0.05, 0) is 16.7 Å². The summed E-state index contributed by atoms with van der Waals surface area (Å²) in [5.74, 6) is -0.469. The SMILES string of the molecule is O=C(c1ccccc1)c1c(CO)cc[c-]1C(=O)c1ccccc1.[Fe].[cH-]1[cH-][cH-][cH-][cH-]1. The Bertz CT molecular complexity index is 999. The summed E-state index contributed by atoms with van der Waals surface area (Å²) < 4.78 is 0. The first-order valence-electron chi connectivity index (χ1n) is 8.98. The molecule has 29 heavy (non-hydrogen) atoms. The number of benzene rings is 2. The van der Waals surface area contributed by atoms with E-state index in [0.29, 0.717) is 22.3 Å². The van der Waals surface area contributed by atoms with E-state index < -0.39 is 0 Å². The number of carbonyl (C=O) groups excluding carboxylic acids is 2. The molecule has 1 N–H and O–H groups in total. The second-order valence-corrected chi connectivity index (χ2v) is 6.16. The second-order valence-electron chi connectivity index (χ2n) is 6.16. The van der Waals surface area contributed by atoms with Crippen LogP contribution in [0.4, 0.5) is 0 Å². The molecule has 4 rings (SSSR count). The maximum absolute atomic E-state index is 12.8. The van der Waals surface area contributed by atoms with Crippen LogP contribution in [0.2, 0.25) is 0 Å². The second kappa shape index (κ2) is 11.1. The van der Waals surface area contributed by atoms with Gasteiger partial charge in [0.15, 0.2) is 0 Å². The average Bonchev–Trinajstić information content (AvgIpc) is 3.47. The maximum Gasteiger partial charge on any atom is 0.128 e. The van der Waals surface area contributed by atoms with Crippen LogP contribution in [-0.4, -0.2) is 16.7 Å². The topological polar surface area (TPSA) is 54.4 Å². The smallest absolute Gasteiger partial charge is 0.128 e. The zero-order chi connectivity index (χ0) is 19.8. The van der Waals surface area contributed by atoms with Crippen molar-refractivity contribution < 1.29 is 31.8 Å². The number of aliphatic hydroxyl groups excluding tert-OH is 1. The number of ketones is 2. The van der Waals surface area contributed by atoms with Gasteiger partial charge in [0.1, 0.15) is 11.6 Å². The van der Waals surface area contributed by atoms with E-state index in [-0.39, 0.29) is 40.8 Å². The molecule has 0 spiro atoms. The number of hydrogen-bond acceptors (Lipinski definition) is 3. The molecule has 0 fully saturated rings. The van der Waals surface area contributed by atoms with Crippen molar-refractivity contribution in [3.63, 3.8) is 0 Å². The summed E-state index contributed by atoms with van der Waals surface area (Å²) >= 11 is 0. The largest absolute Gasteiger partial charge is 0.748 e. The van der Waals surface area contributed by atoms with Gasteiger partial charge < -0.3 is 45.0 Å². The van der Waals surface area contributed by atoms with Crippen LogP contribution in [0.3, 0.4) is 0 Å². The van der Waals surface area contributed by atoms with Crippen molar-refractivity contribution in [2.75, 3.05) is 0 Å². The molecule has 0 aliphatic rings. The Balaban J connectivity index is 0.000000437. The van der Waals surface area contributed by atoms with Crippen LogP contribution in [0.5, 0.6) is 0 Å². The molecule has 4 heteroatoms. The normalized spacial score (nSPS) is 9.69. The van der Waals surface area contributed by atoms with Crippen molar-refractivity contribution in [1.29, 1.82) is 0 Å². The van der Waals surface area contributed by atoms with Gasteiger partial charge in [-0.15, -0.1) is 17.7 Å². The van der Waals surface area contributed by atoms with E-state index in [0.717, 1.165) is 0 Å². The van der Waals surface area contributed by atoms with E-state index in [1.165, 1.54) is 0 Å². The third-order valence-electron chi connectivity index (χ3n) is 4.31. The van der Waals surface area contributed by atoms with Gasteiger partial charge in [-0.2, -0.15) is 0 Å². The van der Waals surface area contributed by atoms with Gasteiger partial charge in [0.05, 0.1) is 0 Å². The van der Waals surface area contributed by atoms with Gasteiger partial charge in [0.25, 0.3) is 0 Å². The predicted octanol–water partition coefficient (Wildman–Crippen LogP) is 4.76.